The smallest absolute Gasteiger partial charge is 0.187 e. The number of carbonyl (C=O) groups excluding carboxylic acids is 2. The molecule has 0 aromatic heterocycles. The van der Waals surface area contributed by atoms with Gasteiger partial charge in [-0.2, -0.15) is 0 Å². The highest BCUT2D eigenvalue weighted by Crippen LogP contribution is 2.07. The van der Waals surface area contributed by atoms with Gasteiger partial charge in [-0.05, 0) is 13.0 Å². The molecule has 3 nitrogen and oxygen atoms in total. The van der Waals surface area contributed by atoms with Crippen LogP contribution in [-0.4, -0.2) is 23.3 Å². The van der Waals surface area contributed by atoms with Crippen molar-refractivity contribution in [1.29, 1.82) is 0 Å². The molecular weight excluding hydrogens is 166 g/mol. The first kappa shape index (κ1) is 8.14. The number of halogens is 1. The quantitative estimate of drug-likeness (QED) is 0.546. The standard InChI is InChI=1S/C7H6ClNO2/c1-4(10)5-2-7(8)9-3-6(5)11/h2H,3H2,1H3. The summed E-state index contributed by atoms with van der Waals surface area (Å²) < 4.78 is 0. The average molecular weight is 172 g/mol. The van der Waals surface area contributed by atoms with Crippen molar-refractivity contribution in [2.24, 2.45) is 4.99 Å². The van der Waals surface area contributed by atoms with E-state index in [1.165, 1.54) is 13.0 Å². The largest absolute Gasteiger partial charge is 0.294 e. The molecule has 1 rings (SSSR count). The lowest BCUT2D eigenvalue weighted by molar-refractivity contribution is -0.119. The number of hydrogen-bond acceptors (Lipinski definition) is 3. The molecule has 0 radical (unpaired) electrons. The van der Waals surface area contributed by atoms with Crippen molar-refractivity contribution in [2.45, 2.75) is 6.92 Å². The fraction of sp³-hybridized carbons (Fsp3) is 0.286. The minimum atomic E-state index is -0.262. The molecule has 11 heavy (non-hydrogen) atoms. The molecule has 0 aromatic rings. The lowest BCUT2D eigenvalue weighted by Crippen LogP contribution is -2.17. The van der Waals surface area contributed by atoms with E-state index in [4.69, 9.17) is 11.6 Å². The molecule has 0 amide bonds. The van der Waals surface area contributed by atoms with E-state index in [0.29, 0.717) is 0 Å². The van der Waals surface area contributed by atoms with Gasteiger partial charge in [0, 0.05) is 0 Å². The Morgan fingerprint density at radius 1 is 1.73 bits per heavy atom. The van der Waals surface area contributed by atoms with Crippen molar-refractivity contribution in [3.63, 3.8) is 0 Å². The topological polar surface area (TPSA) is 46.5 Å². The monoisotopic (exact) mass is 171 g/mol. The highest BCUT2D eigenvalue weighted by Gasteiger charge is 2.17. The third-order valence-corrected chi connectivity index (χ3v) is 1.55. The van der Waals surface area contributed by atoms with Crippen LogP contribution in [0.1, 0.15) is 6.92 Å². The molecule has 0 saturated heterocycles. The summed E-state index contributed by atoms with van der Waals surface area (Å²) in [6.07, 6.45) is 1.30. The number of ketones is 2. The van der Waals surface area contributed by atoms with Crippen molar-refractivity contribution in [3.05, 3.63) is 11.6 Å². The molecule has 1 aliphatic heterocycles. The van der Waals surface area contributed by atoms with E-state index in [9.17, 15) is 9.59 Å². The highest BCUT2D eigenvalue weighted by molar-refractivity contribution is 6.69. The van der Waals surface area contributed by atoms with Crippen LogP contribution >= 0.6 is 11.6 Å². The van der Waals surface area contributed by atoms with Crippen LogP contribution in [0.2, 0.25) is 0 Å². The number of rotatable bonds is 1. The van der Waals surface area contributed by atoms with Gasteiger partial charge in [-0.3, -0.25) is 14.6 Å². The number of aliphatic imine (C=N–C) groups is 1. The predicted octanol–water partition coefficient (Wildman–Crippen LogP) is 0.722. The number of hydrogen-bond donors (Lipinski definition) is 0. The van der Waals surface area contributed by atoms with E-state index in [1.807, 2.05) is 0 Å². The Hall–Kier alpha value is -0.960. The Morgan fingerprint density at radius 2 is 2.36 bits per heavy atom. The highest BCUT2D eigenvalue weighted by atomic mass is 35.5. The molecule has 0 aromatic carbocycles. The molecular formula is C7H6ClNO2. The van der Waals surface area contributed by atoms with Crippen LogP contribution in [0.15, 0.2) is 16.6 Å². The maximum Gasteiger partial charge on any atom is 0.187 e. The number of allylic oxidation sites excluding steroid dienone is 1. The summed E-state index contributed by atoms with van der Waals surface area (Å²) in [4.78, 5) is 25.3. The van der Waals surface area contributed by atoms with Gasteiger partial charge in [0.1, 0.15) is 11.7 Å². The summed E-state index contributed by atoms with van der Waals surface area (Å²) in [5.74, 6) is -0.523. The molecule has 0 atom stereocenters. The van der Waals surface area contributed by atoms with Gasteiger partial charge in [0.05, 0.1) is 5.57 Å². The Kier molecular flexibility index (Phi) is 2.19. The van der Waals surface area contributed by atoms with Gasteiger partial charge in [0.2, 0.25) is 0 Å². The van der Waals surface area contributed by atoms with E-state index < -0.39 is 0 Å². The van der Waals surface area contributed by atoms with Crippen molar-refractivity contribution in [2.75, 3.05) is 6.54 Å². The maximum absolute atomic E-state index is 10.9. The van der Waals surface area contributed by atoms with E-state index in [1.54, 1.807) is 0 Å². The molecule has 0 fully saturated rings. The Balaban J connectivity index is 2.99. The predicted molar refractivity (Wildman–Crippen MR) is 41.9 cm³/mol. The molecule has 58 valence electrons. The Labute approximate surface area is 68.8 Å². The molecule has 0 spiro atoms. The number of nitrogens with zero attached hydrogens (tertiary/aromatic N) is 1. The average Bonchev–Trinajstić information content (AvgIpc) is 1.94. The second kappa shape index (κ2) is 2.96. The van der Waals surface area contributed by atoms with E-state index >= 15 is 0 Å². The van der Waals surface area contributed by atoms with Gasteiger partial charge in [-0.1, -0.05) is 11.6 Å². The number of carbonyl (C=O) groups is 2. The fourth-order valence-corrected chi connectivity index (χ4v) is 0.945. The number of Topliss-reactive ketones (excluding diaryl/α,β-unsaturated/α-hetero) is 2. The van der Waals surface area contributed by atoms with Crippen molar-refractivity contribution in [1.82, 2.24) is 0 Å². The molecule has 0 bridgehead atoms. The Bertz CT molecular complexity index is 278. The first-order valence-corrected chi connectivity index (χ1v) is 3.45. The summed E-state index contributed by atoms with van der Waals surface area (Å²) in [7, 11) is 0. The zero-order valence-corrected chi connectivity index (χ0v) is 6.68. The normalized spacial score (nSPS) is 17.5. The maximum atomic E-state index is 10.9. The molecule has 4 heteroatoms. The molecule has 0 saturated carbocycles. The summed E-state index contributed by atoms with van der Waals surface area (Å²) in [6.45, 7) is 1.32. The zero-order chi connectivity index (χ0) is 8.43. The van der Waals surface area contributed by atoms with Gasteiger partial charge in [0.25, 0.3) is 0 Å². The summed E-state index contributed by atoms with van der Waals surface area (Å²) in [5.41, 5.74) is 0.144. The fourth-order valence-electron chi connectivity index (χ4n) is 0.776. The first-order valence-electron chi connectivity index (χ1n) is 3.07. The van der Waals surface area contributed by atoms with E-state index in [0.717, 1.165) is 0 Å². The molecule has 0 unspecified atom stereocenters. The Morgan fingerprint density at radius 3 is 2.82 bits per heavy atom. The molecule has 1 aliphatic rings. The third kappa shape index (κ3) is 1.74. The van der Waals surface area contributed by atoms with E-state index in [2.05, 4.69) is 4.99 Å². The molecule has 1 heterocycles. The minimum Gasteiger partial charge on any atom is -0.294 e. The van der Waals surface area contributed by atoms with Gasteiger partial charge in [-0.25, -0.2) is 0 Å². The van der Waals surface area contributed by atoms with Crippen molar-refractivity contribution < 1.29 is 9.59 Å². The van der Waals surface area contributed by atoms with Crippen LogP contribution in [0, 0.1) is 0 Å². The molecule has 0 aliphatic carbocycles. The van der Waals surface area contributed by atoms with Crippen LogP contribution in [0.4, 0.5) is 0 Å². The van der Waals surface area contributed by atoms with Crippen LogP contribution < -0.4 is 0 Å². The SMILES string of the molecule is CC(=O)C1=CC(Cl)=NCC1=O. The van der Waals surface area contributed by atoms with Crippen molar-refractivity contribution >= 4 is 28.3 Å². The van der Waals surface area contributed by atoms with Crippen LogP contribution in [0.3, 0.4) is 0 Å². The van der Waals surface area contributed by atoms with Gasteiger partial charge >= 0.3 is 0 Å². The van der Waals surface area contributed by atoms with Crippen molar-refractivity contribution in [3.8, 4) is 0 Å². The first-order chi connectivity index (χ1) is 5.11. The van der Waals surface area contributed by atoms with Crippen LogP contribution in [-0.2, 0) is 9.59 Å². The summed E-state index contributed by atoms with van der Waals surface area (Å²) in [6, 6.07) is 0. The van der Waals surface area contributed by atoms with Gasteiger partial charge in [0.15, 0.2) is 11.6 Å². The lowest BCUT2D eigenvalue weighted by atomic mass is 10.1. The van der Waals surface area contributed by atoms with E-state index in [-0.39, 0.29) is 28.9 Å². The lowest BCUT2D eigenvalue weighted by Gasteiger charge is -2.04. The number of dihydropyridines is 1. The second-order valence-corrected chi connectivity index (χ2v) is 2.56. The minimum absolute atomic E-state index is 0.00968. The second-order valence-electron chi connectivity index (χ2n) is 2.18. The molecule has 0 N–H and O–H groups in total. The van der Waals surface area contributed by atoms with Crippen LogP contribution in [0.25, 0.3) is 0 Å². The van der Waals surface area contributed by atoms with Crippen LogP contribution in [0.5, 0.6) is 0 Å². The third-order valence-electron chi connectivity index (χ3n) is 1.32. The van der Waals surface area contributed by atoms with Gasteiger partial charge < -0.3 is 0 Å². The van der Waals surface area contributed by atoms with Gasteiger partial charge in [-0.15, -0.1) is 0 Å². The summed E-state index contributed by atoms with van der Waals surface area (Å²) >= 11 is 5.49. The zero-order valence-electron chi connectivity index (χ0n) is 5.93. The summed E-state index contributed by atoms with van der Waals surface area (Å²) in [5, 5.41) is 0.217.